The zero-order valence-corrected chi connectivity index (χ0v) is 12.7. The van der Waals surface area contributed by atoms with E-state index in [-0.39, 0.29) is 23.8 Å². The Labute approximate surface area is 134 Å². The van der Waals surface area contributed by atoms with Crippen molar-refractivity contribution in [1.29, 1.82) is 0 Å². The number of rotatable bonds is 1. The molecule has 1 N–H and O–H groups in total. The van der Waals surface area contributed by atoms with E-state index in [0.717, 1.165) is 12.1 Å². The predicted octanol–water partition coefficient (Wildman–Crippen LogP) is 4.68. The fraction of sp³-hybridized carbons (Fsp3) is 0.500. The Kier molecular flexibility index (Phi) is 5.07. The van der Waals surface area contributed by atoms with Crippen molar-refractivity contribution in [2.75, 3.05) is 18.4 Å². The second kappa shape index (κ2) is 6.54. The Balaban J connectivity index is 2.04. The Bertz CT molecular complexity index is 569. The molecule has 1 aromatic carbocycles. The predicted molar refractivity (Wildman–Crippen MR) is 78.0 cm³/mol. The lowest BCUT2D eigenvalue weighted by Gasteiger charge is -2.35. The van der Waals surface area contributed by atoms with E-state index in [2.05, 4.69) is 5.32 Å². The van der Waals surface area contributed by atoms with Crippen molar-refractivity contribution in [1.82, 2.24) is 4.90 Å². The van der Waals surface area contributed by atoms with Crippen LogP contribution < -0.4 is 5.32 Å². The van der Waals surface area contributed by atoms with Crippen LogP contribution in [0.3, 0.4) is 0 Å². The molecule has 1 atom stereocenters. The van der Waals surface area contributed by atoms with E-state index in [1.165, 1.54) is 17.0 Å². The first kappa shape index (κ1) is 17.8. The fourth-order valence-corrected chi connectivity index (χ4v) is 2.69. The number of piperidine rings is 1. The van der Waals surface area contributed by atoms with Gasteiger partial charge in [-0.25, -0.2) is 0 Å². The second-order valence-electron chi connectivity index (χ2n) is 5.34. The lowest BCUT2D eigenvalue weighted by Crippen LogP contribution is -2.46. The van der Waals surface area contributed by atoms with Gasteiger partial charge in [0.25, 0.3) is 0 Å². The number of nitrogens with one attached hydrogen (secondary N) is 1. The monoisotopic (exact) mass is 356 g/mol. The molecule has 0 bridgehead atoms. The highest BCUT2D eigenvalue weighted by molar-refractivity contribution is 7.80. The van der Waals surface area contributed by atoms with E-state index < -0.39 is 23.8 Å². The zero-order valence-electron chi connectivity index (χ0n) is 11.8. The smallest absolute Gasteiger partial charge is 0.348 e. The number of anilines is 1. The lowest BCUT2D eigenvalue weighted by molar-refractivity contribution is -0.183. The van der Waals surface area contributed by atoms with Crippen molar-refractivity contribution in [2.24, 2.45) is 5.92 Å². The molecule has 23 heavy (non-hydrogen) atoms. The minimum absolute atomic E-state index is 0.00160. The molecule has 2 rings (SSSR count). The summed E-state index contributed by atoms with van der Waals surface area (Å²) in [6, 6.07) is 4.38. The number of likely N-dealkylation sites (tertiary alicyclic amines) is 1. The summed E-state index contributed by atoms with van der Waals surface area (Å²) < 4.78 is 76.3. The molecule has 1 aliphatic heterocycles. The minimum Gasteiger partial charge on any atom is -0.348 e. The molecule has 0 saturated carbocycles. The van der Waals surface area contributed by atoms with E-state index in [1.54, 1.807) is 0 Å². The van der Waals surface area contributed by atoms with Crippen molar-refractivity contribution in [3.8, 4) is 0 Å². The molecule has 1 fully saturated rings. The molecule has 0 aromatic heterocycles. The third kappa shape index (κ3) is 4.73. The van der Waals surface area contributed by atoms with Gasteiger partial charge >= 0.3 is 12.4 Å². The van der Waals surface area contributed by atoms with Gasteiger partial charge in [-0.2, -0.15) is 26.3 Å². The Hall–Kier alpha value is -1.51. The third-order valence-corrected chi connectivity index (χ3v) is 3.97. The topological polar surface area (TPSA) is 15.3 Å². The molecule has 128 valence electrons. The number of hydrogen-bond donors (Lipinski definition) is 1. The molecule has 1 aromatic rings. The van der Waals surface area contributed by atoms with Crippen LogP contribution in [0.1, 0.15) is 18.4 Å². The number of benzene rings is 1. The maximum absolute atomic E-state index is 12.8. The van der Waals surface area contributed by atoms with Crippen molar-refractivity contribution < 1.29 is 26.3 Å². The number of hydrogen-bond acceptors (Lipinski definition) is 1. The molecule has 9 heteroatoms. The summed E-state index contributed by atoms with van der Waals surface area (Å²) in [4.78, 5) is 1.34. The average molecular weight is 356 g/mol. The molecule has 0 radical (unpaired) electrons. The van der Waals surface area contributed by atoms with E-state index in [4.69, 9.17) is 12.2 Å². The normalized spacial score (nSPS) is 19.6. The highest BCUT2D eigenvalue weighted by Gasteiger charge is 2.42. The van der Waals surface area contributed by atoms with Gasteiger partial charge < -0.3 is 10.2 Å². The van der Waals surface area contributed by atoms with E-state index in [0.29, 0.717) is 13.0 Å². The number of alkyl halides is 6. The summed E-state index contributed by atoms with van der Waals surface area (Å²) in [6.45, 7) is 0.0612. The summed E-state index contributed by atoms with van der Waals surface area (Å²) in [5.74, 6) is -1.47. The minimum atomic E-state index is -4.49. The molecule has 0 spiro atoms. The molecule has 0 amide bonds. The van der Waals surface area contributed by atoms with Crippen LogP contribution >= 0.6 is 12.2 Å². The first-order chi connectivity index (χ1) is 10.6. The summed E-state index contributed by atoms with van der Waals surface area (Å²) >= 11 is 5.03. The third-order valence-electron chi connectivity index (χ3n) is 3.61. The quantitative estimate of drug-likeness (QED) is 0.581. The zero-order chi connectivity index (χ0) is 17.3. The van der Waals surface area contributed by atoms with E-state index in [1.807, 2.05) is 0 Å². The van der Waals surface area contributed by atoms with Crippen molar-refractivity contribution in [3.05, 3.63) is 29.8 Å². The van der Waals surface area contributed by atoms with Crippen LogP contribution in [0.25, 0.3) is 0 Å². The van der Waals surface area contributed by atoms with Gasteiger partial charge in [-0.15, -0.1) is 0 Å². The van der Waals surface area contributed by atoms with E-state index >= 15 is 0 Å². The molecule has 2 nitrogen and oxygen atoms in total. The summed E-state index contributed by atoms with van der Waals surface area (Å²) in [5.41, 5.74) is -0.754. The maximum atomic E-state index is 12.8. The van der Waals surface area contributed by atoms with Crippen LogP contribution in [0.5, 0.6) is 0 Å². The van der Waals surface area contributed by atoms with Crippen LogP contribution in [0, 0.1) is 5.92 Å². The van der Waals surface area contributed by atoms with Crippen LogP contribution in [-0.2, 0) is 6.18 Å². The van der Waals surface area contributed by atoms with Gasteiger partial charge in [0.05, 0.1) is 11.5 Å². The molecule has 1 aliphatic rings. The van der Waals surface area contributed by atoms with Crippen LogP contribution in [0.4, 0.5) is 32.0 Å². The van der Waals surface area contributed by atoms with Crippen molar-refractivity contribution in [2.45, 2.75) is 25.2 Å². The fourth-order valence-electron chi connectivity index (χ4n) is 2.40. The summed E-state index contributed by atoms with van der Waals surface area (Å²) in [7, 11) is 0. The standard InChI is InChI=1S/C14H14F6N2S/c15-13(16,17)9-3-1-5-11(7-9)21-12(23)22-6-2-4-10(8-22)14(18,19)20/h1,3,5,7,10H,2,4,6,8H2,(H,21,23). The first-order valence-electron chi connectivity index (χ1n) is 6.87. The molecule has 0 aliphatic carbocycles. The van der Waals surface area contributed by atoms with E-state index in [9.17, 15) is 26.3 Å². The van der Waals surface area contributed by atoms with Gasteiger partial charge in [0.15, 0.2) is 5.11 Å². The number of thiocarbonyl (C=S) groups is 1. The molecule has 1 unspecified atom stereocenters. The Morgan fingerprint density at radius 1 is 1.17 bits per heavy atom. The van der Waals surface area contributed by atoms with Crippen molar-refractivity contribution in [3.63, 3.8) is 0 Å². The Morgan fingerprint density at radius 2 is 1.87 bits per heavy atom. The molecular weight excluding hydrogens is 342 g/mol. The average Bonchev–Trinajstić information content (AvgIpc) is 2.46. The largest absolute Gasteiger partial charge is 0.416 e. The highest BCUT2D eigenvalue weighted by atomic mass is 32.1. The number of halogens is 6. The summed E-state index contributed by atoms with van der Waals surface area (Å²) in [6.07, 6.45) is -8.43. The van der Waals surface area contributed by atoms with Crippen LogP contribution in [0.15, 0.2) is 24.3 Å². The van der Waals surface area contributed by atoms with Crippen LogP contribution in [0.2, 0.25) is 0 Å². The summed E-state index contributed by atoms with van der Waals surface area (Å²) in [5, 5.41) is 2.58. The molecular formula is C14H14F6N2S. The highest BCUT2D eigenvalue weighted by Crippen LogP contribution is 2.34. The Morgan fingerprint density at radius 3 is 2.48 bits per heavy atom. The molecule has 1 saturated heterocycles. The lowest BCUT2D eigenvalue weighted by atomic mass is 9.98. The molecule has 1 heterocycles. The van der Waals surface area contributed by atoms with Gasteiger partial charge in [0.1, 0.15) is 0 Å². The van der Waals surface area contributed by atoms with Gasteiger partial charge in [0, 0.05) is 18.8 Å². The maximum Gasteiger partial charge on any atom is 0.416 e. The van der Waals surface area contributed by atoms with Gasteiger partial charge in [0.2, 0.25) is 0 Å². The SMILES string of the molecule is FC(F)(F)c1cccc(NC(=S)N2CCCC(C(F)(F)F)C2)c1. The number of nitrogens with zero attached hydrogens (tertiary/aromatic N) is 1. The van der Waals surface area contributed by atoms with Gasteiger partial charge in [-0.1, -0.05) is 6.07 Å². The van der Waals surface area contributed by atoms with Crippen LogP contribution in [-0.4, -0.2) is 29.3 Å². The van der Waals surface area contributed by atoms with Crippen molar-refractivity contribution >= 4 is 23.0 Å². The van der Waals surface area contributed by atoms with Gasteiger partial charge in [-0.3, -0.25) is 0 Å². The first-order valence-corrected chi connectivity index (χ1v) is 7.28. The second-order valence-corrected chi connectivity index (χ2v) is 5.72. The van der Waals surface area contributed by atoms with Gasteiger partial charge in [-0.05, 0) is 43.3 Å².